The first-order valence-corrected chi connectivity index (χ1v) is 10.1. The maximum atomic E-state index is 2.45. The summed E-state index contributed by atoms with van der Waals surface area (Å²) in [4.78, 5) is 0. The second kappa shape index (κ2) is 15.0. The summed E-state index contributed by atoms with van der Waals surface area (Å²) in [5.74, 6) is 3.29. The van der Waals surface area contributed by atoms with E-state index in [-0.39, 0.29) is 0 Å². The van der Waals surface area contributed by atoms with Crippen molar-refractivity contribution in [3.8, 4) is 0 Å². The molecule has 23 heavy (non-hydrogen) atoms. The topological polar surface area (TPSA) is 0 Å². The van der Waals surface area contributed by atoms with E-state index in [1.807, 2.05) is 13.8 Å². The summed E-state index contributed by atoms with van der Waals surface area (Å²) in [6.07, 6.45) is 11.3. The monoisotopic (exact) mass is 322 g/mol. The summed E-state index contributed by atoms with van der Waals surface area (Å²) < 4.78 is 0. The number of rotatable bonds is 10. The number of allylic oxidation sites excluding steroid dienone is 4. The van der Waals surface area contributed by atoms with Crippen molar-refractivity contribution >= 4 is 0 Å². The fraction of sp³-hybridized carbons (Fsp3) is 0.826. The molecule has 3 atom stereocenters. The molecule has 0 rings (SSSR count). The predicted molar refractivity (Wildman–Crippen MR) is 110 cm³/mol. The summed E-state index contributed by atoms with van der Waals surface area (Å²) >= 11 is 0. The van der Waals surface area contributed by atoms with Gasteiger partial charge in [0.25, 0.3) is 0 Å². The third-order valence-electron chi connectivity index (χ3n) is 4.90. The Labute approximate surface area is 148 Å². The lowest BCUT2D eigenvalue weighted by atomic mass is 9.83. The van der Waals surface area contributed by atoms with Crippen molar-refractivity contribution < 1.29 is 0 Å². The van der Waals surface area contributed by atoms with E-state index in [9.17, 15) is 0 Å². The fourth-order valence-electron chi connectivity index (χ4n) is 2.77. The van der Waals surface area contributed by atoms with Gasteiger partial charge in [0, 0.05) is 0 Å². The lowest BCUT2D eigenvalue weighted by Gasteiger charge is -2.23. The molecule has 0 saturated heterocycles. The van der Waals surface area contributed by atoms with E-state index in [2.05, 4.69) is 67.5 Å². The van der Waals surface area contributed by atoms with Crippen LogP contribution >= 0.6 is 0 Å². The molecule has 0 fully saturated rings. The predicted octanol–water partition coefficient (Wildman–Crippen LogP) is 8.44. The standard InChI is InChI=1S/C21H40.C2H6/c1-9-21(15-11-17(4)5)20(8)14-13-19(7)18(6)12-10-16(2)3;1-2/h11,15-16,18-20H,9-10,12-14H2,1-8H3;1-2H3/b21-15+;. The zero-order valence-electron chi connectivity index (χ0n) is 18.0. The smallest absolute Gasteiger partial charge is 0.0229 e. The van der Waals surface area contributed by atoms with Crippen molar-refractivity contribution in [2.24, 2.45) is 23.7 Å². The van der Waals surface area contributed by atoms with Crippen LogP contribution in [0.2, 0.25) is 0 Å². The number of hydrogen-bond acceptors (Lipinski definition) is 0. The molecule has 0 aromatic rings. The molecule has 0 heteroatoms. The molecule has 0 aliphatic carbocycles. The lowest BCUT2D eigenvalue weighted by Crippen LogP contribution is -2.11. The molecular weight excluding hydrogens is 276 g/mol. The van der Waals surface area contributed by atoms with E-state index in [1.165, 1.54) is 37.7 Å². The van der Waals surface area contributed by atoms with Crippen molar-refractivity contribution in [1.82, 2.24) is 0 Å². The molecule has 138 valence electrons. The van der Waals surface area contributed by atoms with Crippen molar-refractivity contribution in [2.75, 3.05) is 0 Å². The summed E-state index contributed by atoms with van der Waals surface area (Å²) in [7, 11) is 0. The van der Waals surface area contributed by atoms with Crippen LogP contribution in [0.25, 0.3) is 0 Å². The van der Waals surface area contributed by atoms with Gasteiger partial charge < -0.3 is 0 Å². The lowest BCUT2D eigenvalue weighted by molar-refractivity contribution is 0.305. The minimum absolute atomic E-state index is 0.727. The van der Waals surface area contributed by atoms with Crippen molar-refractivity contribution in [3.63, 3.8) is 0 Å². The first-order valence-electron chi connectivity index (χ1n) is 10.1. The van der Waals surface area contributed by atoms with Gasteiger partial charge in [0.1, 0.15) is 0 Å². The average molecular weight is 323 g/mol. The molecule has 0 nitrogen and oxygen atoms in total. The summed E-state index contributed by atoms with van der Waals surface area (Å²) in [6, 6.07) is 0. The largest absolute Gasteiger partial charge is 0.0764 e. The van der Waals surface area contributed by atoms with Crippen LogP contribution < -0.4 is 0 Å². The Bertz CT molecular complexity index is 315. The van der Waals surface area contributed by atoms with Gasteiger partial charge in [0.15, 0.2) is 0 Å². The van der Waals surface area contributed by atoms with Gasteiger partial charge in [-0.1, -0.05) is 91.5 Å². The van der Waals surface area contributed by atoms with Crippen LogP contribution in [-0.2, 0) is 0 Å². The van der Waals surface area contributed by atoms with Crippen molar-refractivity contribution in [1.29, 1.82) is 0 Å². The van der Waals surface area contributed by atoms with E-state index in [0.717, 1.165) is 23.7 Å². The minimum atomic E-state index is 0.727. The average Bonchev–Trinajstić information content (AvgIpc) is 2.52. The first kappa shape index (κ1) is 24.7. The highest BCUT2D eigenvalue weighted by Crippen LogP contribution is 2.28. The molecule has 0 N–H and O–H groups in total. The van der Waals surface area contributed by atoms with Gasteiger partial charge in [0.05, 0.1) is 0 Å². The van der Waals surface area contributed by atoms with Crippen molar-refractivity contribution in [3.05, 3.63) is 23.3 Å². The molecule has 0 saturated carbocycles. The van der Waals surface area contributed by atoms with Gasteiger partial charge in [-0.05, 0) is 56.8 Å². The molecule has 0 heterocycles. The third-order valence-corrected chi connectivity index (χ3v) is 4.90. The molecular formula is C23H46. The van der Waals surface area contributed by atoms with E-state index in [1.54, 1.807) is 5.57 Å². The zero-order valence-corrected chi connectivity index (χ0v) is 18.0. The van der Waals surface area contributed by atoms with Gasteiger partial charge in [0.2, 0.25) is 0 Å². The normalized spacial score (nSPS) is 15.5. The van der Waals surface area contributed by atoms with Gasteiger partial charge in [-0.15, -0.1) is 0 Å². The Kier molecular flexibility index (Phi) is 16.2. The van der Waals surface area contributed by atoms with Gasteiger partial charge in [-0.25, -0.2) is 0 Å². The summed E-state index contributed by atoms with van der Waals surface area (Å²) in [5.41, 5.74) is 3.00. The van der Waals surface area contributed by atoms with E-state index < -0.39 is 0 Å². The molecule has 0 amide bonds. The highest BCUT2D eigenvalue weighted by Gasteiger charge is 2.15. The second-order valence-corrected chi connectivity index (χ2v) is 7.74. The second-order valence-electron chi connectivity index (χ2n) is 7.74. The van der Waals surface area contributed by atoms with E-state index in [0.29, 0.717) is 0 Å². The quantitative estimate of drug-likeness (QED) is 0.354. The van der Waals surface area contributed by atoms with Gasteiger partial charge in [-0.2, -0.15) is 0 Å². The number of hydrogen-bond donors (Lipinski definition) is 0. The van der Waals surface area contributed by atoms with Crippen LogP contribution in [0.15, 0.2) is 23.3 Å². The van der Waals surface area contributed by atoms with Gasteiger partial charge in [-0.3, -0.25) is 0 Å². The molecule has 0 radical (unpaired) electrons. The van der Waals surface area contributed by atoms with E-state index in [4.69, 9.17) is 0 Å². The third kappa shape index (κ3) is 13.6. The van der Waals surface area contributed by atoms with Crippen LogP contribution in [0.4, 0.5) is 0 Å². The maximum Gasteiger partial charge on any atom is -0.0229 e. The SMILES string of the molecule is CC.CC/C(=C\C=C(C)C)C(C)CCC(C)C(C)CCC(C)C. The zero-order chi connectivity index (χ0) is 18.4. The first-order chi connectivity index (χ1) is 10.8. The molecule has 0 aromatic heterocycles. The highest BCUT2D eigenvalue weighted by molar-refractivity contribution is 5.17. The Morgan fingerprint density at radius 1 is 0.739 bits per heavy atom. The Morgan fingerprint density at radius 2 is 1.22 bits per heavy atom. The molecule has 3 unspecified atom stereocenters. The van der Waals surface area contributed by atoms with Crippen LogP contribution in [0, 0.1) is 23.7 Å². The molecule has 0 aliphatic heterocycles. The van der Waals surface area contributed by atoms with Crippen LogP contribution in [0.5, 0.6) is 0 Å². The Hall–Kier alpha value is -0.520. The Morgan fingerprint density at radius 3 is 1.61 bits per heavy atom. The summed E-state index contributed by atoms with van der Waals surface area (Å²) in [5, 5.41) is 0. The van der Waals surface area contributed by atoms with E-state index >= 15 is 0 Å². The Balaban J connectivity index is 0. The minimum Gasteiger partial charge on any atom is -0.0764 e. The summed E-state index contributed by atoms with van der Waals surface area (Å²) in [6.45, 7) is 22.6. The molecule has 0 bridgehead atoms. The molecule has 0 spiro atoms. The fourth-order valence-corrected chi connectivity index (χ4v) is 2.77. The molecule has 0 aliphatic rings. The van der Waals surface area contributed by atoms with Crippen molar-refractivity contribution in [2.45, 2.75) is 101 Å². The molecule has 0 aromatic carbocycles. The van der Waals surface area contributed by atoms with Crippen LogP contribution in [0.1, 0.15) is 101 Å². The highest BCUT2D eigenvalue weighted by atomic mass is 14.2. The van der Waals surface area contributed by atoms with Gasteiger partial charge >= 0.3 is 0 Å². The van der Waals surface area contributed by atoms with Crippen LogP contribution in [0.3, 0.4) is 0 Å². The van der Waals surface area contributed by atoms with Crippen LogP contribution in [-0.4, -0.2) is 0 Å². The maximum absolute atomic E-state index is 2.45.